The van der Waals surface area contributed by atoms with Crippen LogP contribution in [-0.2, 0) is 6.42 Å². The molecule has 3 aromatic rings. The molecule has 3 heteroatoms. The predicted octanol–water partition coefficient (Wildman–Crippen LogP) is 4.41. The second-order valence-electron chi connectivity index (χ2n) is 4.78. The minimum atomic E-state index is 0.735. The maximum absolute atomic E-state index is 5.69. The molecule has 20 heavy (non-hydrogen) atoms. The highest BCUT2D eigenvalue weighted by Crippen LogP contribution is 2.38. The smallest absolute Gasteiger partial charge is 0.217 e. The first kappa shape index (κ1) is 11.7. The van der Waals surface area contributed by atoms with Crippen molar-refractivity contribution >= 4 is 11.3 Å². The molecular formula is C17H13NOS. The van der Waals surface area contributed by atoms with E-state index in [2.05, 4.69) is 40.7 Å². The summed E-state index contributed by atoms with van der Waals surface area (Å²) in [7, 11) is 0. The number of thiophene rings is 1. The van der Waals surface area contributed by atoms with Crippen molar-refractivity contribution in [2.75, 3.05) is 6.61 Å². The second kappa shape index (κ2) is 4.76. The average Bonchev–Trinajstić information content (AvgIpc) is 3.18. The van der Waals surface area contributed by atoms with Gasteiger partial charge in [0, 0.05) is 28.0 Å². The van der Waals surface area contributed by atoms with Crippen LogP contribution in [0, 0.1) is 0 Å². The molecule has 1 aliphatic heterocycles. The number of hydrogen-bond donors (Lipinski definition) is 0. The maximum atomic E-state index is 5.69. The van der Waals surface area contributed by atoms with Gasteiger partial charge in [0.2, 0.25) is 5.88 Å². The lowest BCUT2D eigenvalue weighted by Gasteiger charge is -2.09. The lowest BCUT2D eigenvalue weighted by atomic mass is 10.0. The average molecular weight is 279 g/mol. The van der Waals surface area contributed by atoms with E-state index >= 15 is 0 Å². The van der Waals surface area contributed by atoms with Crippen LogP contribution >= 0.6 is 11.3 Å². The Kier molecular flexibility index (Phi) is 2.78. The summed E-state index contributed by atoms with van der Waals surface area (Å²) in [5.41, 5.74) is 4.62. The Morgan fingerprint density at radius 1 is 1.05 bits per heavy atom. The van der Waals surface area contributed by atoms with Crippen LogP contribution in [0.5, 0.6) is 5.88 Å². The SMILES string of the molecule is c1ccc(-c2cc(-c3cccs3)c3c(n2)OCC3)cc1. The van der Waals surface area contributed by atoms with Crippen LogP contribution in [0.15, 0.2) is 53.9 Å². The number of hydrogen-bond acceptors (Lipinski definition) is 3. The zero-order valence-electron chi connectivity index (χ0n) is 10.9. The number of nitrogens with zero attached hydrogens (tertiary/aromatic N) is 1. The summed E-state index contributed by atoms with van der Waals surface area (Å²) in [5, 5.41) is 2.11. The van der Waals surface area contributed by atoms with Gasteiger partial charge in [0.25, 0.3) is 0 Å². The van der Waals surface area contributed by atoms with E-state index in [0.717, 1.165) is 30.2 Å². The Bertz CT molecular complexity index is 735. The van der Waals surface area contributed by atoms with E-state index in [1.54, 1.807) is 11.3 Å². The van der Waals surface area contributed by atoms with Gasteiger partial charge in [-0.1, -0.05) is 36.4 Å². The van der Waals surface area contributed by atoms with Crippen molar-refractivity contribution in [1.82, 2.24) is 4.98 Å². The lowest BCUT2D eigenvalue weighted by Crippen LogP contribution is -1.91. The van der Waals surface area contributed by atoms with Crippen molar-refractivity contribution in [2.24, 2.45) is 0 Å². The number of pyridine rings is 1. The fourth-order valence-electron chi connectivity index (χ4n) is 2.57. The van der Waals surface area contributed by atoms with E-state index in [9.17, 15) is 0 Å². The van der Waals surface area contributed by atoms with E-state index < -0.39 is 0 Å². The molecule has 0 spiro atoms. The summed E-state index contributed by atoms with van der Waals surface area (Å²) in [6, 6.07) is 16.7. The standard InChI is InChI=1S/C17H13NOS/c1-2-5-12(6-3-1)15-11-14(16-7-4-10-20-16)13-8-9-19-17(13)18-15/h1-7,10-11H,8-9H2. The van der Waals surface area contributed by atoms with Crippen molar-refractivity contribution in [3.8, 4) is 27.6 Å². The van der Waals surface area contributed by atoms with Gasteiger partial charge in [-0.05, 0) is 17.5 Å². The minimum Gasteiger partial charge on any atom is -0.477 e. The molecule has 1 aromatic carbocycles. The van der Waals surface area contributed by atoms with Gasteiger partial charge in [0.15, 0.2) is 0 Å². The van der Waals surface area contributed by atoms with Crippen molar-refractivity contribution in [1.29, 1.82) is 0 Å². The third-order valence-electron chi connectivity index (χ3n) is 3.53. The van der Waals surface area contributed by atoms with Gasteiger partial charge >= 0.3 is 0 Å². The molecule has 1 aliphatic rings. The summed E-state index contributed by atoms with van der Waals surface area (Å²) in [5.74, 6) is 0.801. The number of ether oxygens (including phenoxy) is 1. The van der Waals surface area contributed by atoms with Gasteiger partial charge in [-0.2, -0.15) is 0 Å². The lowest BCUT2D eigenvalue weighted by molar-refractivity contribution is 0.345. The highest BCUT2D eigenvalue weighted by atomic mass is 32.1. The molecule has 0 N–H and O–H groups in total. The highest BCUT2D eigenvalue weighted by Gasteiger charge is 2.21. The van der Waals surface area contributed by atoms with Crippen molar-refractivity contribution < 1.29 is 4.74 Å². The molecule has 0 aliphatic carbocycles. The first-order chi connectivity index (χ1) is 9.92. The Balaban J connectivity index is 1.93. The van der Waals surface area contributed by atoms with Crippen LogP contribution in [0.3, 0.4) is 0 Å². The fourth-order valence-corrected chi connectivity index (χ4v) is 3.34. The molecular weight excluding hydrogens is 266 g/mol. The molecule has 0 saturated heterocycles. The number of aromatic nitrogens is 1. The van der Waals surface area contributed by atoms with E-state index in [0.29, 0.717) is 0 Å². The highest BCUT2D eigenvalue weighted by molar-refractivity contribution is 7.13. The summed E-state index contributed by atoms with van der Waals surface area (Å²) < 4.78 is 5.69. The first-order valence-corrected chi connectivity index (χ1v) is 7.56. The Hall–Kier alpha value is -2.13. The normalized spacial score (nSPS) is 13.0. The van der Waals surface area contributed by atoms with Gasteiger partial charge in [-0.25, -0.2) is 4.98 Å². The minimum absolute atomic E-state index is 0.735. The zero-order valence-corrected chi connectivity index (χ0v) is 11.7. The predicted molar refractivity (Wildman–Crippen MR) is 82.2 cm³/mol. The van der Waals surface area contributed by atoms with Crippen LogP contribution < -0.4 is 4.74 Å². The third-order valence-corrected chi connectivity index (χ3v) is 4.44. The van der Waals surface area contributed by atoms with Crippen molar-refractivity contribution in [2.45, 2.75) is 6.42 Å². The fraction of sp³-hybridized carbons (Fsp3) is 0.118. The Morgan fingerprint density at radius 3 is 2.75 bits per heavy atom. The molecule has 4 rings (SSSR count). The van der Waals surface area contributed by atoms with E-state index in [4.69, 9.17) is 4.74 Å². The van der Waals surface area contributed by atoms with Crippen molar-refractivity contribution in [3.05, 3.63) is 59.5 Å². The zero-order chi connectivity index (χ0) is 13.4. The molecule has 2 nitrogen and oxygen atoms in total. The molecule has 2 aromatic heterocycles. The van der Waals surface area contributed by atoms with Crippen molar-refractivity contribution in [3.63, 3.8) is 0 Å². The number of fused-ring (bicyclic) bond motifs is 1. The number of rotatable bonds is 2. The van der Waals surface area contributed by atoms with Crippen LogP contribution in [0.4, 0.5) is 0 Å². The second-order valence-corrected chi connectivity index (χ2v) is 5.73. The molecule has 0 saturated carbocycles. The van der Waals surface area contributed by atoms with Crippen LogP contribution in [0.2, 0.25) is 0 Å². The van der Waals surface area contributed by atoms with E-state index in [1.807, 2.05) is 18.2 Å². The van der Waals surface area contributed by atoms with Gasteiger partial charge in [0.05, 0.1) is 12.3 Å². The van der Waals surface area contributed by atoms with Gasteiger partial charge < -0.3 is 4.74 Å². The van der Waals surface area contributed by atoms with Gasteiger partial charge in [0.1, 0.15) is 0 Å². The van der Waals surface area contributed by atoms with E-state index in [1.165, 1.54) is 16.0 Å². The molecule has 0 fully saturated rings. The Morgan fingerprint density at radius 2 is 1.95 bits per heavy atom. The van der Waals surface area contributed by atoms with Crippen LogP contribution in [-0.4, -0.2) is 11.6 Å². The summed E-state index contributed by atoms with van der Waals surface area (Å²) in [6.07, 6.45) is 0.949. The molecule has 0 radical (unpaired) electrons. The largest absolute Gasteiger partial charge is 0.477 e. The maximum Gasteiger partial charge on any atom is 0.217 e. The molecule has 98 valence electrons. The van der Waals surface area contributed by atoms with Gasteiger partial charge in [-0.3, -0.25) is 0 Å². The topological polar surface area (TPSA) is 22.1 Å². The number of benzene rings is 1. The molecule has 0 amide bonds. The molecule has 0 bridgehead atoms. The summed E-state index contributed by atoms with van der Waals surface area (Å²) in [6.45, 7) is 0.735. The van der Waals surface area contributed by atoms with Crippen LogP contribution in [0.1, 0.15) is 5.56 Å². The van der Waals surface area contributed by atoms with E-state index in [-0.39, 0.29) is 0 Å². The summed E-state index contributed by atoms with van der Waals surface area (Å²) >= 11 is 1.76. The first-order valence-electron chi connectivity index (χ1n) is 6.68. The molecule has 0 atom stereocenters. The van der Waals surface area contributed by atoms with Crippen LogP contribution in [0.25, 0.3) is 21.7 Å². The van der Waals surface area contributed by atoms with Gasteiger partial charge in [-0.15, -0.1) is 11.3 Å². The molecule has 0 unspecified atom stereocenters. The Labute approximate surface area is 121 Å². The monoisotopic (exact) mass is 279 g/mol. The third kappa shape index (κ3) is 1.91. The molecule has 3 heterocycles. The summed E-state index contributed by atoms with van der Waals surface area (Å²) in [4.78, 5) is 5.96. The quantitative estimate of drug-likeness (QED) is 0.693.